The predicted molar refractivity (Wildman–Crippen MR) is 89.8 cm³/mol. The van der Waals surface area contributed by atoms with Crippen LogP contribution >= 0.6 is 11.6 Å². The summed E-state index contributed by atoms with van der Waals surface area (Å²) in [7, 11) is -3.61. The largest absolute Gasteiger partial charge is 0.293 e. The van der Waals surface area contributed by atoms with Crippen molar-refractivity contribution in [1.29, 1.82) is 0 Å². The van der Waals surface area contributed by atoms with Gasteiger partial charge in [0.15, 0.2) is 15.6 Å². The summed E-state index contributed by atoms with van der Waals surface area (Å²) in [5.74, 6) is -0.957. The second-order valence-electron chi connectivity index (χ2n) is 4.95. The van der Waals surface area contributed by atoms with Crippen molar-refractivity contribution in [2.45, 2.75) is 6.92 Å². The highest BCUT2D eigenvalue weighted by atomic mass is 35.5. The van der Waals surface area contributed by atoms with Gasteiger partial charge in [0.25, 0.3) is 0 Å². The smallest absolute Gasteiger partial charge is 0.179 e. The maximum absolute atomic E-state index is 12.0. The first-order valence-corrected chi connectivity index (χ1v) is 8.71. The molecule has 0 aliphatic rings. The Bertz CT molecular complexity index is 789. The Kier molecular flexibility index (Phi) is 5.16. The maximum atomic E-state index is 12.0. The molecule has 114 valence electrons. The third kappa shape index (κ3) is 4.83. The summed E-state index contributed by atoms with van der Waals surface area (Å²) in [5.41, 5.74) is 2.12. The van der Waals surface area contributed by atoms with E-state index in [0.717, 1.165) is 11.0 Å². The molecule has 22 heavy (non-hydrogen) atoms. The van der Waals surface area contributed by atoms with E-state index in [0.29, 0.717) is 16.1 Å². The summed E-state index contributed by atoms with van der Waals surface area (Å²) in [6.07, 6.45) is 1.45. The molecule has 0 bridgehead atoms. The van der Waals surface area contributed by atoms with Crippen molar-refractivity contribution in [3.05, 3.63) is 75.7 Å². The Hall–Kier alpha value is -1.91. The second-order valence-corrected chi connectivity index (χ2v) is 7.27. The van der Waals surface area contributed by atoms with Gasteiger partial charge in [0.1, 0.15) is 5.75 Å². The third-order valence-corrected chi connectivity index (χ3v) is 4.51. The van der Waals surface area contributed by atoms with E-state index in [4.69, 9.17) is 11.6 Å². The Morgan fingerprint density at radius 3 is 2.23 bits per heavy atom. The van der Waals surface area contributed by atoms with E-state index in [1.807, 2.05) is 6.92 Å². The first-order valence-electron chi connectivity index (χ1n) is 6.62. The number of rotatable bonds is 5. The normalized spacial score (nSPS) is 11.7. The zero-order valence-electron chi connectivity index (χ0n) is 12.0. The Morgan fingerprint density at radius 2 is 1.64 bits per heavy atom. The van der Waals surface area contributed by atoms with Gasteiger partial charge in [-0.25, -0.2) is 8.42 Å². The van der Waals surface area contributed by atoms with Crippen LogP contribution in [0, 0.1) is 6.92 Å². The van der Waals surface area contributed by atoms with Gasteiger partial charge in [0.05, 0.1) is 0 Å². The van der Waals surface area contributed by atoms with Gasteiger partial charge in [0, 0.05) is 16.0 Å². The summed E-state index contributed by atoms with van der Waals surface area (Å²) in [6, 6.07) is 13.6. The summed E-state index contributed by atoms with van der Waals surface area (Å²) in [6.45, 7) is 1.90. The number of sulfone groups is 1. The van der Waals surface area contributed by atoms with Crippen molar-refractivity contribution in [3.63, 3.8) is 0 Å². The molecular formula is C17H15ClO3S. The fraction of sp³-hybridized carbons (Fsp3) is 0.118. The highest BCUT2D eigenvalue weighted by Gasteiger charge is 2.15. The molecule has 3 nitrogen and oxygen atoms in total. The lowest BCUT2D eigenvalue weighted by molar-refractivity contribution is 0.102. The van der Waals surface area contributed by atoms with E-state index in [1.54, 1.807) is 48.5 Å². The number of halogens is 1. The number of hydrogen-bond acceptors (Lipinski definition) is 3. The van der Waals surface area contributed by atoms with E-state index < -0.39 is 21.4 Å². The molecule has 2 aromatic carbocycles. The molecule has 0 unspecified atom stereocenters. The predicted octanol–water partition coefficient (Wildman–Crippen LogP) is 3.92. The summed E-state index contributed by atoms with van der Waals surface area (Å²) in [4.78, 5) is 12.0. The van der Waals surface area contributed by atoms with Gasteiger partial charge in [-0.1, -0.05) is 53.6 Å². The van der Waals surface area contributed by atoms with E-state index >= 15 is 0 Å². The number of aryl methyl sites for hydroxylation is 1. The number of carbonyl (C=O) groups is 1. The van der Waals surface area contributed by atoms with Gasteiger partial charge >= 0.3 is 0 Å². The first-order chi connectivity index (χ1) is 10.4. The molecule has 0 heterocycles. The van der Waals surface area contributed by atoms with Crippen molar-refractivity contribution in [3.8, 4) is 0 Å². The molecule has 0 N–H and O–H groups in total. The zero-order chi connectivity index (χ0) is 16.2. The summed E-state index contributed by atoms with van der Waals surface area (Å²) in [5, 5.41) is 1.64. The lowest BCUT2D eigenvalue weighted by atomic mass is 10.1. The highest BCUT2D eigenvalue weighted by molar-refractivity contribution is 7.95. The van der Waals surface area contributed by atoms with Crippen molar-refractivity contribution in [2.24, 2.45) is 0 Å². The minimum absolute atomic E-state index is 0.397. The van der Waals surface area contributed by atoms with Crippen LogP contribution in [0.25, 0.3) is 6.08 Å². The number of ketones is 1. The molecule has 0 spiro atoms. The quantitative estimate of drug-likeness (QED) is 0.779. The molecule has 2 rings (SSSR count). The van der Waals surface area contributed by atoms with E-state index in [-0.39, 0.29) is 0 Å². The molecule has 0 radical (unpaired) electrons. The van der Waals surface area contributed by atoms with E-state index in [9.17, 15) is 13.2 Å². The van der Waals surface area contributed by atoms with Crippen LogP contribution in [-0.2, 0) is 9.84 Å². The highest BCUT2D eigenvalue weighted by Crippen LogP contribution is 2.12. The molecule has 0 aromatic heterocycles. The van der Waals surface area contributed by atoms with Crippen molar-refractivity contribution < 1.29 is 13.2 Å². The van der Waals surface area contributed by atoms with Crippen LogP contribution < -0.4 is 0 Å². The number of Topliss-reactive ketones (excluding diaryl/α,β-unsaturated/α-hetero) is 1. The topological polar surface area (TPSA) is 51.2 Å². The average molecular weight is 335 g/mol. The van der Waals surface area contributed by atoms with Gasteiger partial charge in [-0.2, -0.15) is 0 Å². The first kappa shape index (κ1) is 16.5. The molecule has 2 aromatic rings. The number of hydrogen-bond donors (Lipinski definition) is 0. The van der Waals surface area contributed by atoms with Crippen LogP contribution in [-0.4, -0.2) is 20.0 Å². The SMILES string of the molecule is Cc1ccc(C(=O)CS(=O)(=O)/C=C/c2ccc(Cl)cc2)cc1. The third-order valence-electron chi connectivity index (χ3n) is 3.04. The molecule has 5 heteroatoms. The lowest BCUT2D eigenvalue weighted by Crippen LogP contribution is -2.13. The van der Waals surface area contributed by atoms with Gasteiger partial charge in [-0.15, -0.1) is 0 Å². The molecule has 0 atom stereocenters. The second kappa shape index (κ2) is 6.90. The molecule has 0 saturated heterocycles. The van der Waals surface area contributed by atoms with E-state index in [2.05, 4.69) is 0 Å². The zero-order valence-corrected chi connectivity index (χ0v) is 13.6. The lowest BCUT2D eigenvalue weighted by Gasteiger charge is -2.01. The van der Waals surface area contributed by atoms with Gasteiger partial charge < -0.3 is 0 Å². The van der Waals surface area contributed by atoms with Gasteiger partial charge in [-0.3, -0.25) is 4.79 Å². The van der Waals surface area contributed by atoms with Crippen LogP contribution in [0.2, 0.25) is 5.02 Å². The average Bonchev–Trinajstić information content (AvgIpc) is 2.47. The molecule has 0 fully saturated rings. The van der Waals surface area contributed by atoms with Crippen LogP contribution in [0.1, 0.15) is 21.5 Å². The number of benzene rings is 2. The Balaban J connectivity index is 2.08. The van der Waals surface area contributed by atoms with Crippen LogP contribution in [0.15, 0.2) is 53.9 Å². The van der Waals surface area contributed by atoms with Crippen molar-refractivity contribution in [1.82, 2.24) is 0 Å². The molecule has 0 saturated carbocycles. The fourth-order valence-electron chi connectivity index (χ4n) is 1.81. The van der Waals surface area contributed by atoms with Gasteiger partial charge in [-0.05, 0) is 30.7 Å². The van der Waals surface area contributed by atoms with Crippen molar-refractivity contribution in [2.75, 3.05) is 5.75 Å². The monoisotopic (exact) mass is 334 g/mol. The van der Waals surface area contributed by atoms with Crippen molar-refractivity contribution >= 4 is 33.3 Å². The van der Waals surface area contributed by atoms with Crippen LogP contribution in [0.5, 0.6) is 0 Å². The molecule has 0 amide bonds. The van der Waals surface area contributed by atoms with Crippen LogP contribution in [0.4, 0.5) is 0 Å². The van der Waals surface area contributed by atoms with E-state index in [1.165, 1.54) is 6.08 Å². The molecular weight excluding hydrogens is 320 g/mol. The number of carbonyl (C=O) groups excluding carboxylic acids is 1. The van der Waals surface area contributed by atoms with Crippen LogP contribution in [0.3, 0.4) is 0 Å². The summed E-state index contributed by atoms with van der Waals surface area (Å²) < 4.78 is 24.0. The Morgan fingerprint density at radius 1 is 1.05 bits per heavy atom. The fourth-order valence-corrected chi connectivity index (χ4v) is 2.93. The Labute approximate surface area is 135 Å². The van der Waals surface area contributed by atoms with Gasteiger partial charge in [0.2, 0.25) is 0 Å². The minimum Gasteiger partial charge on any atom is -0.293 e. The summed E-state index contributed by atoms with van der Waals surface area (Å²) >= 11 is 5.76. The maximum Gasteiger partial charge on any atom is 0.179 e. The minimum atomic E-state index is -3.61. The molecule has 0 aliphatic carbocycles. The molecule has 0 aliphatic heterocycles. The standard InChI is InChI=1S/C17H15ClO3S/c1-13-2-6-15(7-3-13)17(19)12-22(20,21)11-10-14-4-8-16(18)9-5-14/h2-11H,12H2,1H3/b11-10+.